The third-order valence-corrected chi connectivity index (χ3v) is 3.46. The van der Waals surface area contributed by atoms with Gasteiger partial charge in [0.2, 0.25) is 0 Å². The van der Waals surface area contributed by atoms with Gasteiger partial charge in [-0.2, -0.15) is 0 Å². The standard InChI is InChI=1S/C16H14N2O4/c1-21-15(19)13(10-6-3-2-4-7-10)18-14-11(17)8-5-9-12(14)22-16(18)20/h2-9,13H,17H2,1H3. The second kappa shape index (κ2) is 5.40. The van der Waals surface area contributed by atoms with Gasteiger partial charge in [-0.15, -0.1) is 0 Å². The molecule has 112 valence electrons. The molecule has 0 aliphatic rings. The highest BCUT2D eigenvalue weighted by molar-refractivity contribution is 5.88. The molecule has 1 unspecified atom stereocenters. The van der Waals surface area contributed by atoms with Crippen molar-refractivity contribution < 1.29 is 13.9 Å². The molecule has 0 saturated carbocycles. The Balaban J connectivity index is 2.32. The van der Waals surface area contributed by atoms with E-state index < -0.39 is 17.8 Å². The number of nitrogen functional groups attached to an aromatic ring is 1. The molecule has 0 saturated heterocycles. The van der Waals surface area contributed by atoms with Crippen molar-refractivity contribution in [3.05, 3.63) is 64.6 Å². The van der Waals surface area contributed by atoms with Gasteiger partial charge in [-0.05, 0) is 17.7 Å². The molecule has 0 aliphatic heterocycles. The molecule has 1 atom stereocenters. The lowest BCUT2D eigenvalue weighted by atomic mass is 10.1. The summed E-state index contributed by atoms with van der Waals surface area (Å²) in [6, 6.07) is 12.9. The number of nitrogens with two attached hydrogens (primary N) is 1. The molecule has 6 heteroatoms. The Morgan fingerprint density at radius 1 is 1.18 bits per heavy atom. The van der Waals surface area contributed by atoms with E-state index >= 15 is 0 Å². The van der Waals surface area contributed by atoms with Crippen LogP contribution in [0.3, 0.4) is 0 Å². The van der Waals surface area contributed by atoms with E-state index in [1.165, 1.54) is 11.7 Å². The van der Waals surface area contributed by atoms with E-state index in [2.05, 4.69) is 0 Å². The number of oxazole rings is 1. The van der Waals surface area contributed by atoms with Gasteiger partial charge in [-0.1, -0.05) is 36.4 Å². The van der Waals surface area contributed by atoms with Crippen molar-refractivity contribution in [1.82, 2.24) is 4.57 Å². The van der Waals surface area contributed by atoms with Gasteiger partial charge in [-0.3, -0.25) is 4.57 Å². The minimum Gasteiger partial charge on any atom is -0.467 e. The second-order valence-electron chi connectivity index (χ2n) is 4.77. The molecule has 1 aromatic heterocycles. The highest BCUT2D eigenvalue weighted by Crippen LogP contribution is 2.27. The molecule has 3 aromatic rings. The normalized spacial score (nSPS) is 12.2. The van der Waals surface area contributed by atoms with E-state index in [1.807, 2.05) is 6.07 Å². The summed E-state index contributed by atoms with van der Waals surface area (Å²) in [5.41, 5.74) is 7.63. The van der Waals surface area contributed by atoms with Crippen LogP contribution in [0.5, 0.6) is 0 Å². The number of methoxy groups -OCH3 is 1. The molecule has 0 aliphatic carbocycles. The van der Waals surface area contributed by atoms with Crippen molar-refractivity contribution in [2.75, 3.05) is 12.8 Å². The fraction of sp³-hybridized carbons (Fsp3) is 0.125. The van der Waals surface area contributed by atoms with Crippen LogP contribution in [0.1, 0.15) is 11.6 Å². The molecular weight excluding hydrogens is 284 g/mol. The number of aromatic nitrogens is 1. The molecule has 0 fully saturated rings. The van der Waals surface area contributed by atoms with E-state index in [0.717, 1.165) is 0 Å². The lowest BCUT2D eigenvalue weighted by molar-refractivity contribution is -0.143. The van der Waals surface area contributed by atoms with E-state index in [-0.39, 0.29) is 0 Å². The van der Waals surface area contributed by atoms with Gasteiger partial charge < -0.3 is 14.9 Å². The summed E-state index contributed by atoms with van der Waals surface area (Å²) in [7, 11) is 1.27. The molecule has 0 bridgehead atoms. The number of fused-ring (bicyclic) bond motifs is 1. The molecule has 2 N–H and O–H groups in total. The Bertz CT molecular complexity index is 880. The topological polar surface area (TPSA) is 87.5 Å². The number of esters is 1. The average molecular weight is 298 g/mol. The fourth-order valence-electron chi connectivity index (χ4n) is 2.49. The maximum Gasteiger partial charge on any atom is 0.421 e. The van der Waals surface area contributed by atoms with Crippen LogP contribution in [0, 0.1) is 0 Å². The van der Waals surface area contributed by atoms with E-state index in [1.54, 1.807) is 42.5 Å². The maximum atomic E-state index is 12.3. The van der Waals surface area contributed by atoms with Crippen molar-refractivity contribution in [2.45, 2.75) is 6.04 Å². The lowest BCUT2D eigenvalue weighted by Crippen LogP contribution is -2.29. The van der Waals surface area contributed by atoms with Crippen LogP contribution in [-0.4, -0.2) is 17.6 Å². The maximum absolute atomic E-state index is 12.3. The van der Waals surface area contributed by atoms with Crippen LogP contribution >= 0.6 is 0 Å². The summed E-state index contributed by atoms with van der Waals surface area (Å²) < 4.78 is 11.3. The van der Waals surface area contributed by atoms with Crippen LogP contribution in [-0.2, 0) is 9.53 Å². The van der Waals surface area contributed by atoms with Crippen molar-refractivity contribution >= 4 is 22.8 Å². The second-order valence-corrected chi connectivity index (χ2v) is 4.77. The summed E-state index contributed by atoms with van der Waals surface area (Å²) in [4.78, 5) is 24.5. The van der Waals surface area contributed by atoms with E-state index in [9.17, 15) is 9.59 Å². The lowest BCUT2D eigenvalue weighted by Gasteiger charge is -2.16. The van der Waals surface area contributed by atoms with Gasteiger partial charge in [0.15, 0.2) is 11.6 Å². The Labute approximate surface area is 125 Å². The molecule has 3 rings (SSSR count). The first kappa shape index (κ1) is 13.9. The number of benzene rings is 2. The molecule has 6 nitrogen and oxygen atoms in total. The highest BCUT2D eigenvalue weighted by atomic mass is 16.5. The fourth-order valence-corrected chi connectivity index (χ4v) is 2.49. The van der Waals surface area contributed by atoms with Crippen LogP contribution in [0.2, 0.25) is 0 Å². The summed E-state index contributed by atoms with van der Waals surface area (Å²) >= 11 is 0. The van der Waals surface area contributed by atoms with Gasteiger partial charge in [0.05, 0.1) is 12.8 Å². The Morgan fingerprint density at radius 3 is 2.59 bits per heavy atom. The number of ether oxygens (including phenoxy) is 1. The number of para-hydroxylation sites is 1. The van der Waals surface area contributed by atoms with Crippen molar-refractivity contribution in [2.24, 2.45) is 0 Å². The van der Waals surface area contributed by atoms with Gasteiger partial charge >= 0.3 is 11.7 Å². The summed E-state index contributed by atoms with van der Waals surface area (Å²) in [6.07, 6.45) is 0. The predicted molar refractivity (Wildman–Crippen MR) is 81.5 cm³/mol. The van der Waals surface area contributed by atoms with Crippen molar-refractivity contribution in [3.63, 3.8) is 0 Å². The molecule has 2 aromatic carbocycles. The minimum atomic E-state index is -0.954. The number of rotatable bonds is 3. The molecule has 0 spiro atoms. The SMILES string of the molecule is COC(=O)C(c1ccccc1)n1c(=O)oc2cccc(N)c21. The van der Waals surface area contributed by atoms with Gasteiger partial charge in [0.1, 0.15) is 5.52 Å². The third-order valence-electron chi connectivity index (χ3n) is 3.46. The number of hydrogen-bond acceptors (Lipinski definition) is 5. The van der Waals surface area contributed by atoms with Gasteiger partial charge in [0.25, 0.3) is 0 Å². The number of nitrogens with zero attached hydrogens (tertiary/aromatic N) is 1. The number of hydrogen-bond donors (Lipinski definition) is 1. The Morgan fingerprint density at radius 2 is 1.91 bits per heavy atom. The highest BCUT2D eigenvalue weighted by Gasteiger charge is 2.28. The number of carbonyl (C=O) groups excluding carboxylic acids is 1. The van der Waals surface area contributed by atoms with Crippen molar-refractivity contribution in [1.29, 1.82) is 0 Å². The first-order chi connectivity index (χ1) is 10.6. The largest absolute Gasteiger partial charge is 0.467 e. The van der Waals surface area contributed by atoms with E-state index in [0.29, 0.717) is 22.4 Å². The molecule has 0 radical (unpaired) electrons. The average Bonchev–Trinajstić information content (AvgIpc) is 2.86. The molecule has 1 heterocycles. The monoisotopic (exact) mass is 298 g/mol. The molecular formula is C16H14N2O4. The van der Waals surface area contributed by atoms with E-state index in [4.69, 9.17) is 14.9 Å². The van der Waals surface area contributed by atoms with Crippen LogP contribution in [0.15, 0.2) is 57.7 Å². The smallest absolute Gasteiger partial charge is 0.421 e. The van der Waals surface area contributed by atoms with Crippen LogP contribution in [0.25, 0.3) is 11.1 Å². The number of carbonyl (C=O) groups is 1. The predicted octanol–water partition coefficient (Wildman–Crippen LogP) is 1.94. The van der Waals surface area contributed by atoms with Crippen LogP contribution < -0.4 is 11.5 Å². The van der Waals surface area contributed by atoms with Crippen LogP contribution in [0.4, 0.5) is 5.69 Å². The minimum absolute atomic E-state index is 0.329. The first-order valence-electron chi connectivity index (χ1n) is 6.66. The zero-order chi connectivity index (χ0) is 15.7. The summed E-state index contributed by atoms with van der Waals surface area (Å²) in [5.74, 6) is -1.23. The number of anilines is 1. The van der Waals surface area contributed by atoms with Gasteiger partial charge in [0, 0.05) is 0 Å². The summed E-state index contributed by atoms with van der Waals surface area (Å²) in [6.45, 7) is 0. The zero-order valence-electron chi connectivity index (χ0n) is 11.9. The third kappa shape index (κ3) is 2.14. The quantitative estimate of drug-likeness (QED) is 0.589. The molecule has 0 amide bonds. The Kier molecular flexibility index (Phi) is 3.42. The van der Waals surface area contributed by atoms with Gasteiger partial charge in [-0.25, -0.2) is 9.59 Å². The zero-order valence-corrected chi connectivity index (χ0v) is 11.9. The van der Waals surface area contributed by atoms with Crippen molar-refractivity contribution in [3.8, 4) is 0 Å². The summed E-state index contributed by atoms with van der Waals surface area (Å²) in [5, 5.41) is 0. The first-order valence-corrected chi connectivity index (χ1v) is 6.66. The molecule has 22 heavy (non-hydrogen) atoms. The Hall–Kier alpha value is -3.02.